The highest BCUT2D eigenvalue weighted by Crippen LogP contribution is 2.14. The predicted octanol–water partition coefficient (Wildman–Crippen LogP) is 5.05. The summed E-state index contributed by atoms with van der Waals surface area (Å²) < 4.78 is 21.6. The lowest BCUT2D eigenvalue weighted by Gasteiger charge is -2.14. The van der Waals surface area contributed by atoms with Crippen LogP contribution >= 0.6 is 0 Å². The van der Waals surface area contributed by atoms with Crippen LogP contribution in [0.5, 0.6) is 0 Å². The number of rotatable bonds is 44. The van der Waals surface area contributed by atoms with Crippen molar-refractivity contribution >= 4 is 35.6 Å². The van der Waals surface area contributed by atoms with Crippen LogP contribution in [0.2, 0.25) is 0 Å². The molecule has 0 bridgehead atoms. The Labute approximate surface area is 347 Å². The zero-order valence-corrected chi connectivity index (χ0v) is 35.6. The molecule has 0 spiro atoms. The molecule has 338 valence electrons. The van der Waals surface area contributed by atoms with Crippen LogP contribution in [0.1, 0.15) is 155 Å². The van der Waals surface area contributed by atoms with E-state index in [-0.39, 0.29) is 62.5 Å². The van der Waals surface area contributed by atoms with Crippen LogP contribution in [0.15, 0.2) is 0 Å². The molecule has 1 atom stereocenters. The van der Waals surface area contributed by atoms with Crippen LogP contribution in [0.3, 0.4) is 0 Å². The van der Waals surface area contributed by atoms with Gasteiger partial charge in [-0.05, 0) is 38.5 Å². The van der Waals surface area contributed by atoms with Gasteiger partial charge in [0.25, 0.3) is 0 Å². The molecule has 0 rings (SSSR count). The Kier molecular flexibility index (Phi) is 39.4. The zero-order chi connectivity index (χ0) is 42.7. The summed E-state index contributed by atoms with van der Waals surface area (Å²) in [5, 5.41) is 28.9. The van der Waals surface area contributed by atoms with Crippen molar-refractivity contribution in [2.75, 3.05) is 72.5 Å². The van der Waals surface area contributed by atoms with Crippen molar-refractivity contribution in [2.45, 2.75) is 161 Å². The number of aliphatic carboxylic acids is 2. The Morgan fingerprint density at radius 2 is 0.845 bits per heavy atom. The number of ether oxygens (including phenoxy) is 4. The molecule has 0 aromatic rings. The third-order valence-electron chi connectivity index (χ3n) is 9.23. The van der Waals surface area contributed by atoms with E-state index in [1.54, 1.807) is 0 Å². The molecule has 0 saturated carbocycles. The normalized spacial score (nSPS) is 11.5. The fraction of sp³-hybridized carbons (Fsp3) is 0.857. The van der Waals surface area contributed by atoms with E-state index >= 15 is 0 Å². The molecule has 58 heavy (non-hydrogen) atoms. The van der Waals surface area contributed by atoms with E-state index in [9.17, 15) is 33.9 Å². The van der Waals surface area contributed by atoms with E-state index in [1.807, 2.05) is 0 Å². The van der Waals surface area contributed by atoms with Crippen LogP contribution in [0.25, 0.3) is 0 Å². The molecule has 16 nitrogen and oxygen atoms in total. The number of carbonyl (C=O) groups is 6. The highest BCUT2D eigenvalue weighted by atomic mass is 16.5. The van der Waals surface area contributed by atoms with Crippen molar-refractivity contribution < 1.29 is 57.9 Å². The molecule has 0 aromatic heterocycles. The van der Waals surface area contributed by atoms with E-state index in [0.717, 1.165) is 57.8 Å². The monoisotopic (exact) mass is 831 g/mol. The average Bonchev–Trinajstić information content (AvgIpc) is 3.19. The van der Waals surface area contributed by atoms with Gasteiger partial charge in [-0.2, -0.15) is 0 Å². The summed E-state index contributed by atoms with van der Waals surface area (Å²) >= 11 is 0. The molecule has 0 aliphatic carbocycles. The number of carboxylic acid groups (broad SMARTS) is 2. The van der Waals surface area contributed by atoms with Gasteiger partial charge in [0.15, 0.2) is 0 Å². The second-order valence-electron chi connectivity index (χ2n) is 14.6. The molecule has 0 aliphatic heterocycles. The molecule has 0 aromatic carbocycles. The van der Waals surface area contributed by atoms with Crippen LogP contribution in [0, 0.1) is 0 Å². The molecular weight excluding hydrogens is 752 g/mol. The van der Waals surface area contributed by atoms with Gasteiger partial charge in [-0.1, -0.05) is 96.8 Å². The lowest BCUT2D eigenvalue weighted by molar-refractivity contribution is -0.142. The number of amides is 4. The predicted molar refractivity (Wildman–Crippen MR) is 221 cm³/mol. The Morgan fingerprint density at radius 1 is 0.431 bits per heavy atom. The molecule has 0 fully saturated rings. The van der Waals surface area contributed by atoms with E-state index in [4.69, 9.17) is 24.1 Å². The quantitative estimate of drug-likeness (QED) is 0.0444. The maximum Gasteiger partial charge on any atom is 0.326 e. The van der Waals surface area contributed by atoms with Crippen molar-refractivity contribution in [2.24, 2.45) is 0 Å². The first-order chi connectivity index (χ1) is 28.1. The minimum absolute atomic E-state index is 0.00711. The van der Waals surface area contributed by atoms with Gasteiger partial charge in [-0.25, -0.2) is 4.79 Å². The molecule has 0 saturated heterocycles. The van der Waals surface area contributed by atoms with Gasteiger partial charge in [-0.15, -0.1) is 0 Å². The van der Waals surface area contributed by atoms with Gasteiger partial charge in [0.1, 0.15) is 19.3 Å². The number of nitrogens with one attached hydrogen (secondary N) is 4. The average molecular weight is 831 g/mol. The number of hydrogen-bond donors (Lipinski definition) is 6. The van der Waals surface area contributed by atoms with Gasteiger partial charge in [0.2, 0.25) is 23.6 Å². The number of carbonyl (C=O) groups excluding carboxylic acids is 4. The van der Waals surface area contributed by atoms with Gasteiger partial charge < -0.3 is 50.4 Å². The van der Waals surface area contributed by atoms with Crippen LogP contribution in [-0.4, -0.2) is 124 Å². The summed E-state index contributed by atoms with van der Waals surface area (Å²) in [5.74, 6) is -2.95. The smallest absolute Gasteiger partial charge is 0.326 e. The first kappa shape index (κ1) is 54.7. The largest absolute Gasteiger partial charge is 0.481 e. The highest BCUT2D eigenvalue weighted by Gasteiger charge is 2.20. The van der Waals surface area contributed by atoms with Gasteiger partial charge in [-0.3, -0.25) is 24.0 Å². The van der Waals surface area contributed by atoms with E-state index < -0.39 is 18.0 Å². The fourth-order valence-electron chi connectivity index (χ4n) is 5.86. The number of hydrogen-bond acceptors (Lipinski definition) is 10. The topological polar surface area (TPSA) is 228 Å². The molecule has 0 heterocycles. The Balaban J connectivity index is 3.59. The second-order valence-corrected chi connectivity index (χ2v) is 14.6. The Hall–Kier alpha value is -3.34. The first-order valence-corrected chi connectivity index (χ1v) is 22.0. The van der Waals surface area contributed by atoms with E-state index in [2.05, 4.69) is 28.2 Å². The van der Waals surface area contributed by atoms with Crippen molar-refractivity contribution in [3.05, 3.63) is 0 Å². The summed E-state index contributed by atoms with van der Waals surface area (Å²) in [7, 11) is 0. The first-order valence-electron chi connectivity index (χ1n) is 22.0. The second kappa shape index (κ2) is 41.8. The summed E-state index contributed by atoms with van der Waals surface area (Å²) in [4.78, 5) is 70.1. The summed E-state index contributed by atoms with van der Waals surface area (Å²) in [6.07, 6.45) is 20.1. The maximum atomic E-state index is 12.3. The van der Waals surface area contributed by atoms with E-state index in [1.165, 1.54) is 44.9 Å². The minimum atomic E-state index is -1.15. The molecule has 6 N–H and O–H groups in total. The molecule has 16 heteroatoms. The van der Waals surface area contributed by atoms with Crippen molar-refractivity contribution in [3.63, 3.8) is 0 Å². The fourth-order valence-corrected chi connectivity index (χ4v) is 5.86. The van der Waals surface area contributed by atoms with Crippen molar-refractivity contribution in [3.8, 4) is 0 Å². The minimum Gasteiger partial charge on any atom is -0.481 e. The molecular formula is C42H78N4O12. The van der Waals surface area contributed by atoms with Crippen molar-refractivity contribution in [1.82, 2.24) is 21.3 Å². The van der Waals surface area contributed by atoms with Crippen LogP contribution in [-0.2, 0) is 47.7 Å². The van der Waals surface area contributed by atoms with E-state index in [0.29, 0.717) is 78.5 Å². The molecule has 1 unspecified atom stereocenters. The third kappa shape index (κ3) is 40.8. The van der Waals surface area contributed by atoms with Gasteiger partial charge in [0.05, 0.1) is 26.4 Å². The Morgan fingerprint density at radius 3 is 1.29 bits per heavy atom. The zero-order valence-electron chi connectivity index (χ0n) is 35.6. The molecule has 0 radical (unpaired) electrons. The van der Waals surface area contributed by atoms with Gasteiger partial charge in [0, 0.05) is 52.1 Å². The number of unbranched alkanes of at least 4 members (excludes halogenated alkanes) is 15. The summed E-state index contributed by atoms with van der Waals surface area (Å²) in [5.41, 5.74) is 0. The van der Waals surface area contributed by atoms with Crippen molar-refractivity contribution in [1.29, 1.82) is 0 Å². The summed E-state index contributed by atoms with van der Waals surface area (Å²) in [6.45, 7) is 5.73. The molecule has 4 amide bonds. The SMILES string of the molecule is CCCCCNC(=O)COCC(=O)NCCCOCCOCCOCCCNC(=O)CCC(NC(=O)CCCCCCCCCCCCCCCCC(=O)O)C(=O)O. The number of carboxylic acids is 2. The molecule has 0 aliphatic rings. The standard InChI is InChI=1S/C42H78N4O12/c1-2-3-18-25-44-39(49)34-58-35-40(50)45-27-20-29-56-31-33-57-32-30-55-28-19-26-43-37(47)24-23-36(42(53)54)46-38(48)21-16-14-12-10-8-6-4-5-7-9-11-13-15-17-22-41(51)52/h36H,2-35H2,1H3,(H,43,47)(H,44,49)(H,45,50)(H,46,48)(H,51,52)(H,53,54). The van der Waals surface area contributed by atoms with Gasteiger partial charge >= 0.3 is 11.9 Å². The lowest BCUT2D eigenvalue weighted by atomic mass is 10.0. The van der Waals surface area contributed by atoms with Crippen LogP contribution in [0.4, 0.5) is 0 Å². The highest BCUT2D eigenvalue weighted by molar-refractivity contribution is 5.84. The summed E-state index contributed by atoms with van der Waals surface area (Å²) in [6, 6.07) is -1.10. The Bertz CT molecular complexity index is 1070. The lowest BCUT2D eigenvalue weighted by Crippen LogP contribution is -2.41. The third-order valence-corrected chi connectivity index (χ3v) is 9.23. The van der Waals surface area contributed by atoms with Crippen LogP contribution < -0.4 is 21.3 Å². The maximum absolute atomic E-state index is 12.3.